The normalized spacial score (nSPS) is 13.5. The highest BCUT2D eigenvalue weighted by atomic mass is 19.1. The van der Waals surface area contributed by atoms with Crippen molar-refractivity contribution in [2.24, 2.45) is 7.05 Å². The first-order valence-corrected chi connectivity index (χ1v) is 9.74. The van der Waals surface area contributed by atoms with Crippen molar-refractivity contribution in [3.63, 3.8) is 0 Å². The Morgan fingerprint density at radius 3 is 2.68 bits per heavy atom. The Hall–Kier alpha value is -3.81. The van der Waals surface area contributed by atoms with E-state index >= 15 is 0 Å². The molecule has 8 heteroatoms. The molecule has 2 aromatic heterocycles. The van der Waals surface area contributed by atoms with Gasteiger partial charge in [0.15, 0.2) is 17.3 Å². The third-order valence-corrected chi connectivity index (χ3v) is 5.31. The maximum Gasteiger partial charge on any atom is 0.220 e. The van der Waals surface area contributed by atoms with Gasteiger partial charge in [0.05, 0.1) is 11.2 Å². The molecule has 0 atom stereocenters. The molecule has 1 N–H and O–H groups in total. The Morgan fingerprint density at radius 1 is 1.13 bits per heavy atom. The number of ether oxygens (including phenoxy) is 1. The van der Waals surface area contributed by atoms with E-state index in [1.807, 2.05) is 0 Å². The second-order valence-corrected chi connectivity index (χ2v) is 7.53. The molecule has 0 aliphatic heterocycles. The van der Waals surface area contributed by atoms with Gasteiger partial charge in [0, 0.05) is 36.2 Å². The number of carbonyl (C=O) groups excluding carboxylic acids is 1. The lowest BCUT2D eigenvalue weighted by Crippen LogP contribution is -2.04. The highest BCUT2D eigenvalue weighted by molar-refractivity contribution is 6.13. The Morgan fingerprint density at radius 2 is 1.94 bits per heavy atom. The number of aromatic nitrogens is 3. The van der Waals surface area contributed by atoms with Gasteiger partial charge in [-0.1, -0.05) is 0 Å². The van der Waals surface area contributed by atoms with Gasteiger partial charge >= 0.3 is 0 Å². The fourth-order valence-corrected chi connectivity index (χ4v) is 3.57. The van der Waals surface area contributed by atoms with Gasteiger partial charge in [-0.3, -0.25) is 9.78 Å². The Balaban J connectivity index is 1.57. The molecule has 0 unspecified atom stereocenters. The highest BCUT2D eigenvalue weighted by Crippen LogP contribution is 2.43. The van der Waals surface area contributed by atoms with E-state index in [2.05, 4.69) is 10.1 Å². The minimum Gasteiger partial charge on any atom is -0.493 e. The molecule has 5 rings (SSSR count). The van der Waals surface area contributed by atoms with E-state index in [4.69, 9.17) is 4.74 Å². The smallest absolute Gasteiger partial charge is 0.220 e. The summed E-state index contributed by atoms with van der Waals surface area (Å²) in [5.41, 5.74) is 1.64. The van der Waals surface area contributed by atoms with Crippen LogP contribution in [0, 0.1) is 11.6 Å². The SMILES string of the molecule is Cn1nc(C2CC2)c(C(=O)c2ccc3nccc(Oc4ccc(F)cc4F)c3c2)c1O. The van der Waals surface area contributed by atoms with Crippen LogP contribution in [0.4, 0.5) is 8.78 Å². The zero-order chi connectivity index (χ0) is 21.7. The van der Waals surface area contributed by atoms with E-state index in [-0.39, 0.29) is 34.6 Å². The first-order valence-electron chi connectivity index (χ1n) is 9.74. The summed E-state index contributed by atoms with van der Waals surface area (Å²) in [7, 11) is 1.59. The number of ketones is 1. The van der Waals surface area contributed by atoms with Crippen molar-refractivity contribution in [3.05, 3.63) is 77.1 Å². The third kappa shape index (κ3) is 3.39. The molecule has 31 heavy (non-hydrogen) atoms. The molecular weight excluding hydrogens is 404 g/mol. The Kier molecular flexibility index (Phi) is 4.43. The summed E-state index contributed by atoms with van der Waals surface area (Å²) in [5, 5.41) is 15.2. The summed E-state index contributed by atoms with van der Waals surface area (Å²) in [4.78, 5) is 17.5. The van der Waals surface area contributed by atoms with Gasteiger partial charge in [-0.25, -0.2) is 13.5 Å². The molecule has 0 bridgehead atoms. The van der Waals surface area contributed by atoms with E-state index in [9.17, 15) is 18.7 Å². The number of fused-ring (bicyclic) bond motifs is 1. The lowest BCUT2D eigenvalue weighted by atomic mass is 9.99. The van der Waals surface area contributed by atoms with Gasteiger partial charge in [-0.05, 0) is 49.2 Å². The van der Waals surface area contributed by atoms with E-state index in [0.717, 1.165) is 25.0 Å². The molecule has 6 nitrogen and oxygen atoms in total. The van der Waals surface area contributed by atoms with E-state index in [0.29, 0.717) is 22.2 Å². The summed E-state index contributed by atoms with van der Waals surface area (Å²) < 4.78 is 34.2. The number of nitrogens with zero attached hydrogens (tertiary/aromatic N) is 3. The lowest BCUT2D eigenvalue weighted by molar-refractivity contribution is 0.103. The highest BCUT2D eigenvalue weighted by Gasteiger charge is 2.34. The van der Waals surface area contributed by atoms with Gasteiger partial charge in [0.1, 0.15) is 17.1 Å². The largest absolute Gasteiger partial charge is 0.493 e. The fraction of sp³-hybridized carbons (Fsp3) is 0.174. The van der Waals surface area contributed by atoms with Crippen molar-refractivity contribution in [1.29, 1.82) is 0 Å². The molecule has 0 spiro atoms. The minimum absolute atomic E-state index is 0.147. The van der Waals surface area contributed by atoms with Crippen LogP contribution in [-0.4, -0.2) is 25.7 Å². The van der Waals surface area contributed by atoms with Gasteiger partial charge in [0.2, 0.25) is 5.88 Å². The predicted molar refractivity (Wildman–Crippen MR) is 108 cm³/mol. The minimum atomic E-state index is -0.841. The number of aromatic hydroxyl groups is 1. The molecule has 1 saturated carbocycles. The molecule has 1 aliphatic rings. The predicted octanol–water partition coefficient (Wildman–Crippen LogP) is 4.85. The van der Waals surface area contributed by atoms with Gasteiger partial charge in [0.25, 0.3) is 0 Å². The Bertz CT molecular complexity index is 1350. The number of carbonyl (C=O) groups is 1. The first kappa shape index (κ1) is 19.2. The number of rotatable bonds is 5. The van der Waals surface area contributed by atoms with Crippen LogP contribution in [0.3, 0.4) is 0 Å². The maximum atomic E-state index is 14.1. The van der Waals surface area contributed by atoms with Crippen LogP contribution in [0.15, 0.2) is 48.7 Å². The average Bonchev–Trinajstić information content (AvgIpc) is 3.55. The van der Waals surface area contributed by atoms with Crippen molar-refractivity contribution in [2.75, 3.05) is 0 Å². The number of halogens is 2. The van der Waals surface area contributed by atoms with Crippen LogP contribution in [0.1, 0.15) is 40.4 Å². The van der Waals surface area contributed by atoms with Crippen molar-refractivity contribution >= 4 is 16.7 Å². The van der Waals surface area contributed by atoms with Crippen molar-refractivity contribution in [1.82, 2.24) is 14.8 Å². The number of hydrogen-bond donors (Lipinski definition) is 1. The van der Waals surface area contributed by atoms with Gasteiger partial charge in [-0.2, -0.15) is 5.10 Å². The number of hydrogen-bond acceptors (Lipinski definition) is 5. The standard InChI is InChI=1S/C23H17F2N3O3/c1-28-23(30)20(21(27-28)12-2-3-12)22(29)13-4-6-17-15(10-13)18(8-9-26-17)31-19-7-5-14(24)11-16(19)25/h4-12,30H,2-3H2,1H3. The summed E-state index contributed by atoms with van der Waals surface area (Å²) >= 11 is 0. The van der Waals surface area contributed by atoms with Crippen LogP contribution >= 0.6 is 0 Å². The summed E-state index contributed by atoms with van der Waals surface area (Å²) in [6.45, 7) is 0. The second-order valence-electron chi connectivity index (χ2n) is 7.53. The van der Waals surface area contributed by atoms with Crippen LogP contribution in [0.5, 0.6) is 17.4 Å². The Labute approximate surface area is 175 Å². The molecule has 0 radical (unpaired) electrons. The molecule has 0 amide bonds. The molecular formula is C23H17F2N3O3. The van der Waals surface area contributed by atoms with Gasteiger partial charge in [-0.15, -0.1) is 0 Å². The van der Waals surface area contributed by atoms with E-state index < -0.39 is 11.6 Å². The summed E-state index contributed by atoms with van der Waals surface area (Å²) in [5.74, 6) is -1.80. The number of pyridine rings is 1. The van der Waals surface area contributed by atoms with Crippen LogP contribution in [0.25, 0.3) is 10.9 Å². The molecule has 1 aliphatic carbocycles. The molecule has 4 aromatic rings. The van der Waals surface area contributed by atoms with Crippen LogP contribution in [-0.2, 0) is 7.05 Å². The van der Waals surface area contributed by atoms with Crippen LogP contribution < -0.4 is 4.74 Å². The number of benzene rings is 2. The summed E-state index contributed by atoms with van der Waals surface area (Å²) in [6.07, 6.45) is 3.36. The summed E-state index contributed by atoms with van der Waals surface area (Å²) in [6, 6.07) is 9.42. The molecule has 1 fully saturated rings. The first-order chi connectivity index (χ1) is 14.9. The maximum absolute atomic E-state index is 14.1. The van der Waals surface area contributed by atoms with Crippen molar-refractivity contribution in [3.8, 4) is 17.4 Å². The van der Waals surface area contributed by atoms with Crippen molar-refractivity contribution in [2.45, 2.75) is 18.8 Å². The topological polar surface area (TPSA) is 77.2 Å². The van der Waals surface area contributed by atoms with Gasteiger partial charge < -0.3 is 9.84 Å². The van der Waals surface area contributed by atoms with E-state index in [1.54, 1.807) is 25.2 Å². The quantitative estimate of drug-likeness (QED) is 0.466. The lowest BCUT2D eigenvalue weighted by Gasteiger charge is -2.10. The van der Waals surface area contributed by atoms with E-state index in [1.165, 1.54) is 23.0 Å². The second kappa shape index (κ2) is 7.16. The molecule has 2 aromatic carbocycles. The zero-order valence-corrected chi connectivity index (χ0v) is 16.5. The molecule has 0 saturated heterocycles. The third-order valence-electron chi connectivity index (χ3n) is 5.31. The molecule has 156 valence electrons. The average molecular weight is 421 g/mol. The zero-order valence-electron chi connectivity index (χ0n) is 16.5. The van der Waals surface area contributed by atoms with Crippen molar-refractivity contribution < 1.29 is 23.4 Å². The van der Waals surface area contributed by atoms with Crippen LogP contribution in [0.2, 0.25) is 0 Å². The monoisotopic (exact) mass is 421 g/mol. The molecule has 2 heterocycles. The fourth-order valence-electron chi connectivity index (χ4n) is 3.57. The number of aryl methyl sites for hydroxylation is 1.